The van der Waals surface area contributed by atoms with E-state index in [9.17, 15) is 4.79 Å². The van der Waals surface area contributed by atoms with Gasteiger partial charge in [0, 0.05) is 42.2 Å². The third-order valence-corrected chi connectivity index (χ3v) is 5.33. The Morgan fingerprint density at radius 1 is 1.15 bits per heavy atom. The topological polar surface area (TPSA) is 60.0 Å². The molecule has 0 aliphatic rings. The van der Waals surface area contributed by atoms with Crippen LogP contribution in [-0.4, -0.2) is 45.7 Å². The van der Waals surface area contributed by atoms with Crippen molar-refractivity contribution in [1.82, 2.24) is 4.90 Å². The summed E-state index contributed by atoms with van der Waals surface area (Å²) in [6.45, 7) is 1.47. The number of rotatable bonds is 9. The summed E-state index contributed by atoms with van der Waals surface area (Å²) in [4.78, 5) is 15.6. The van der Waals surface area contributed by atoms with Crippen LogP contribution < -0.4 is 19.5 Å². The van der Waals surface area contributed by atoms with Gasteiger partial charge >= 0.3 is 0 Å². The van der Waals surface area contributed by atoms with Crippen LogP contribution in [0.2, 0.25) is 0 Å². The molecule has 0 atom stereocenters. The predicted molar refractivity (Wildman–Crippen MR) is 108 cm³/mol. The van der Waals surface area contributed by atoms with Gasteiger partial charge in [0.1, 0.15) is 0 Å². The van der Waals surface area contributed by atoms with Gasteiger partial charge in [-0.15, -0.1) is 11.3 Å². The Labute approximate surface area is 166 Å². The van der Waals surface area contributed by atoms with Gasteiger partial charge < -0.3 is 24.4 Å². The van der Waals surface area contributed by atoms with Crippen molar-refractivity contribution >= 4 is 38.9 Å². The Balaban J connectivity index is 1.92. The van der Waals surface area contributed by atoms with E-state index in [2.05, 4.69) is 32.2 Å². The average molecular weight is 443 g/mol. The van der Waals surface area contributed by atoms with Crippen LogP contribution in [0, 0.1) is 0 Å². The highest BCUT2D eigenvalue weighted by atomic mass is 79.9. The second kappa shape index (κ2) is 9.80. The van der Waals surface area contributed by atoms with Crippen molar-refractivity contribution in [3.8, 4) is 17.2 Å². The molecule has 0 aliphatic carbocycles. The Kier molecular flexibility index (Phi) is 7.74. The van der Waals surface area contributed by atoms with E-state index in [-0.39, 0.29) is 5.91 Å². The first-order valence-corrected chi connectivity index (χ1v) is 9.60. The van der Waals surface area contributed by atoms with Crippen LogP contribution >= 0.6 is 27.3 Å². The van der Waals surface area contributed by atoms with Crippen LogP contribution in [0.25, 0.3) is 0 Å². The largest absolute Gasteiger partial charge is 0.493 e. The number of amides is 1. The molecule has 0 saturated carbocycles. The number of carbonyl (C=O) groups is 1. The SMILES string of the molecule is COc1cc(NC(=O)CCN(C)Cc2ccc(Br)s2)cc(OC)c1OC. The quantitative estimate of drug-likeness (QED) is 0.635. The van der Waals surface area contributed by atoms with Crippen LogP contribution in [0.15, 0.2) is 28.1 Å². The summed E-state index contributed by atoms with van der Waals surface area (Å²) in [7, 11) is 6.63. The summed E-state index contributed by atoms with van der Waals surface area (Å²) in [6.07, 6.45) is 0.389. The number of nitrogens with one attached hydrogen (secondary N) is 1. The number of carbonyl (C=O) groups excluding carboxylic acids is 1. The maximum Gasteiger partial charge on any atom is 0.225 e. The number of hydrogen-bond donors (Lipinski definition) is 1. The fourth-order valence-corrected chi connectivity index (χ4v) is 4.01. The molecule has 6 nitrogen and oxygen atoms in total. The zero-order chi connectivity index (χ0) is 19.1. The van der Waals surface area contributed by atoms with E-state index in [1.165, 1.54) is 4.88 Å². The Morgan fingerprint density at radius 3 is 2.31 bits per heavy atom. The van der Waals surface area contributed by atoms with Crippen molar-refractivity contribution in [2.45, 2.75) is 13.0 Å². The molecule has 2 rings (SSSR count). The number of nitrogens with zero attached hydrogens (tertiary/aromatic N) is 1. The molecule has 8 heteroatoms. The van der Waals surface area contributed by atoms with E-state index < -0.39 is 0 Å². The van der Waals surface area contributed by atoms with E-state index in [1.54, 1.807) is 44.8 Å². The highest BCUT2D eigenvalue weighted by Gasteiger charge is 2.15. The van der Waals surface area contributed by atoms with E-state index in [1.807, 2.05) is 13.1 Å². The van der Waals surface area contributed by atoms with Crippen molar-refractivity contribution in [1.29, 1.82) is 0 Å². The van der Waals surface area contributed by atoms with Crippen molar-refractivity contribution in [2.75, 3.05) is 40.2 Å². The number of benzene rings is 1. The number of halogens is 1. The number of ether oxygens (including phenoxy) is 3. The first kappa shape index (κ1) is 20.5. The average Bonchev–Trinajstić information content (AvgIpc) is 3.03. The van der Waals surface area contributed by atoms with Gasteiger partial charge in [0.2, 0.25) is 11.7 Å². The first-order chi connectivity index (χ1) is 12.5. The second-order valence-corrected chi connectivity index (χ2v) is 8.20. The fraction of sp³-hybridized carbons (Fsp3) is 0.389. The molecule has 1 aromatic carbocycles. The molecule has 0 bridgehead atoms. The molecule has 1 heterocycles. The van der Waals surface area contributed by atoms with Crippen LogP contribution in [0.4, 0.5) is 5.69 Å². The molecule has 1 amide bonds. The molecule has 1 N–H and O–H groups in total. The third-order valence-electron chi connectivity index (χ3n) is 3.72. The van der Waals surface area contributed by atoms with E-state index in [4.69, 9.17) is 14.2 Å². The minimum absolute atomic E-state index is 0.0708. The number of anilines is 1. The number of methoxy groups -OCH3 is 3. The number of hydrogen-bond acceptors (Lipinski definition) is 6. The molecule has 0 fully saturated rings. The molecular weight excluding hydrogens is 420 g/mol. The first-order valence-electron chi connectivity index (χ1n) is 7.99. The summed E-state index contributed by atoms with van der Waals surface area (Å²) in [5, 5.41) is 2.88. The van der Waals surface area contributed by atoms with Crippen LogP contribution in [-0.2, 0) is 11.3 Å². The maximum atomic E-state index is 12.3. The molecule has 0 aliphatic heterocycles. The summed E-state index contributed by atoms with van der Waals surface area (Å²) in [5.74, 6) is 1.43. The van der Waals surface area contributed by atoms with Crippen LogP contribution in [0.5, 0.6) is 17.2 Å². The lowest BCUT2D eigenvalue weighted by Crippen LogP contribution is -2.23. The van der Waals surface area contributed by atoms with Gasteiger partial charge in [0.25, 0.3) is 0 Å². The smallest absolute Gasteiger partial charge is 0.225 e. The molecule has 0 unspecified atom stereocenters. The minimum atomic E-state index is -0.0708. The maximum absolute atomic E-state index is 12.3. The second-order valence-electron chi connectivity index (χ2n) is 5.66. The Hall–Kier alpha value is -1.77. The highest BCUT2D eigenvalue weighted by molar-refractivity contribution is 9.11. The molecule has 1 aromatic heterocycles. The van der Waals surface area contributed by atoms with Gasteiger partial charge in [0.05, 0.1) is 25.1 Å². The monoisotopic (exact) mass is 442 g/mol. The summed E-state index contributed by atoms with van der Waals surface area (Å²) in [5.41, 5.74) is 0.606. The number of thiophene rings is 1. The Morgan fingerprint density at radius 2 is 1.81 bits per heavy atom. The molecule has 0 saturated heterocycles. The van der Waals surface area contributed by atoms with Crippen molar-refractivity contribution in [3.05, 3.63) is 32.9 Å². The van der Waals surface area contributed by atoms with Gasteiger partial charge in [-0.25, -0.2) is 0 Å². The zero-order valence-electron chi connectivity index (χ0n) is 15.3. The lowest BCUT2D eigenvalue weighted by atomic mass is 10.2. The summed E-state index contributed by atoms with van der Waals surface area (Å²) < 4.78 is 17.0. The predicted octanol–water partition coefficient (Wildman–Crippen LogP) is 4.00. The van der Waals surface area contributed by atoms with Gasteiger partial charge in [-0.2, -0.15) is 0 Å². The minimum Gasteiger partial charge on any atom is -0.493 e. The van der Waals surface area contributed by atoms with E-state index in [0.29, 0.717) is 35.9 Å². The third kappa shape index (κ3) is 5.62. The van der Waals surface area contributed by atoms with Crippen molar-refractivity contribution in [2.24, 2.45) is 0 Å². The van der Waals surface area contributed by atoms with Crippen LogP contribution in [0.3, 0.4) is 0 Å². The molecular formula is C18H23BrN2O4S. The van der Waals surface area contributed by atoms with Crippen LogP contribution in [0.1, 0.15) is 11.3 Å². The molecule has 0 spiro atoms. The molecule has 142 valence electrons. The zero-order valence-corrected chi connectivity index (χ0v) is 17.7. The molecule has 2 aromatic rings. The highest BCUT2D eigenvalue weighted by Crippen LogP contribution is 2.39. The van der Waals surface area contributed by atoms with Gasteiger partial charge in [-0.1, -0.05) is 0 Å². The summed E-state index contributed by atoms with van der Waals surface area (Å²) >= 11 is 5.16. The molecule has 0 radical (unpaired) electrons. The van der Waals surface area contributed by atoms with Gasteiger partial charge in [-0.05, 0) is 35.1 Å². The van der Waals surface area contributed by atoms with E-state index >= 15 is 0 Å². The van der Waals surface area contributed by atoms with Crippen molar-refractivity contribution in [3.63, 3.8) is 0 Å². The fourth-order valence-electron chi connectivity index (χ4n) is 2.45. The lowest BCUT2D eigenvalue weighted by molar-refractivity contribution is -0.116. The van der Waals surface area contributed by atoms with Gasteiger partial charge in [-0.3, -0.25) is 4.79 Å². The Bertz CT molecular complexity index is 726. The standard InChI is InChI=1S/C18H23BrN2O4S/c1-21(11-13-5-6-16(19)26-13)8-7-17(22)20-12-9-14(23-2)18(25-4)15(10-12)24-3/h5-6,9-10H,7-8,11H2,1-4H3,(H,20,22). The normalized spacial score (nSPS) is 10.7. The lowest BCUT2D eigenvalue weighted by Gasteiger charge is -2.16. The van der Waals surface area contributed by atoms with E-state index in [0.717, 1.165) is 10.3 Å². The molecule has 26 heavy (non-hydrogen) atoms. The van der Waals surface area contributed by atoms with Gasteiger partial charge in [0.15, 0.2) is 11.5 Å². The van der Waals surface area contributed by atoms with Crippen molar-refractivity contribution < 1.29 is 19.0 Å². The summed E-state index contributed by atoms with van der Waals surface area (Å²) in [6, 6.07) is 7.55.